The van der Waals surface area contributed by atoms with Crippen LogP contribution in [0.1, 0.15) is 80.6 Å². The Kier molecular flexibility index (Phi) is 10.2. The van der Waals surface area contributed by atoms with E-state index in [4.69, 9.17) is 14.7 Å². The largest absolute Gasteiger partial charge is 0.427 e. The molecule has 30 heavy (non-hydrogen) atoms. The smallest absolute Gasteiger partial charge is 0.343 e. The molecule has 2 aromatic rings. The first-order valence-electron chi connectivity index (χ1n) is 10.7. The first-order valence-corrected chi connectivity index (χ1v) is 10.7. The van der Waals surface area contributed by atoms with Crippen molar-refractivity contribution < 1.29 is 19.1 Å². The predicted molar refractivity (Wildman–Crippen MR) is 115 cm³/mol. The SMILES string of the molecule is CCCCCCCCCCC(=O)Oc1ccc(C(=O)Oc2ccc(C#N)cc2)cc1. The summed E-state index contributed by atoms with van der Waals surface area (Å²) in [6.07, 6.45) is 9.81. The quantitative estimate of drug-likeness (QED) is 0.237. The molecule has 0 aliphatic rings. The van der Waals surface area contributed by atoms with Crippen molar-refractivity contribution in [2.24, 2.45) is 0 Å². The molecular weight excluding hydrogens is 378 g/mol. The standard InChI is InChI=1S/C25H29NO4/c1-2-3-4-5-6-7-8-9-10-24(27)29-22-17-13-21(14-18-22)25(28)30-23-15-11-20(19-26)12-16-23/h11-18H,2-10H2,1H3. The number of esters is 2. The Bertz CT molecular complexity index is 835. The van der Waals surface area contributed by atoms with Gasteiger partial charge in [0.15, 0.2) is 0 Å². The van der Waals surface area contributed by atoms with Crippen LogP contribution in [0.15, 0.2) is 48.5 Å². The second kappa shape index (κ2) is 13.2. The molecule has 2 rings (SSSR count). The zero-order valence-electron chi connectivity index (χ0n) is 17.6. The van der Waals surface area contributed by atoms with Gasteiger partial charge < -0.3 is 9.47 Å². The molecule has 0 bridgehead atoms. The summed E-state index contributed by atoms with van der Waals surface area (Å²) >= 11 is 0. The van der Waals surface area contributed by atoms with Crippen molar-refractivity contribution in [3.8, 4) is 17.6 Å². The zero-order valence-corrected chi connectivity index (χ0v) is 17.6. The number of unbranched alkanes of at least 4 members (excludes halogenated alkanes) is 7. The number of nitriles is 1. The number of nitrogens with zero attached hydrogens (tertiary/aromatic N) is 1. The van der Waals surface area contributed by atoms with Gasteiger partial charge in [-0.25, -0.2) is 4.79 Å². The second-order valence-corrected chi connectivity index (χ2v) is 7.25. The fourth-order valence-electron chi connectivity index (χ4n) is 3.01. The molecule has 0 heterocycles. The molecule has 0 aliphatic carbocycles. The van der Waals surface area contributed by atoms with Gasteiger partial charge in [-0.1, -0.05) is 51.9 Å². The summed E-state index contributed by atoms with van der Waals surface area (Å²) in [5.41, 5.74) is 0.843. The third kappa shape index (κ3) is 8.48. The van der Waals surface area contributed by atoms with Gasteiger partial charge in [0.25, 0.3) is 0 Å². The highest BCUT2D eigenvalue weighted by atomic mass is 16.5. The summed E-state index contributed by atoms with van der Waals surface area (Å²) in [7, 11) is 0. The highest BCUT2D eigenvalue weighted by Crippen LogP contribution is 2.17. The molecule has 0 saturated heterocycles. The molecule has 158 valence electrons. The minimum Gasteiger partial charge on any atom is -0.427 e. The molecule has 0 atom stereocenters. The predicted octanol–water partition coefficient (Wildman–Crippen LogP) is 6.21. The van der Waals surface area contributed by atoms with E-state index in [-0.39, 0.29) is 5.97 Å². The monoisotopic (exact) mass is 407 g/mol. The number of hydrogen-bond donors (Lipinski definition) is 0. The van der Waals surface area contributed by atoms with Crippen LogP contribution < -0.4 is 9.47 Å². The number of carbonyl (C=O) groups excluding carboxylic acids is 2. The van der Waals surface area contributed by atoms with Crippen LogP contribution in [-0.4, -0.2) is 11.9 Å². The normalized spacial score (nSPS) is 10.3. The average molecular weight is 408 g/mol. The molecule has 0 amide bonds. The highest BCUT2D eigenvalue weighted by molar-refractivity contribution is 5.91. The lowest BCUT2D eigenvalue weighted by Gasteiger charge is -2.07. The van der Waals surface area contributed by atoms with Crippen LogP contribution in [0.5, 0.6) is 11.5 Å². The summed E-state index contributed by atoms with van der Waals surface area (Å²) in [6, 6.07) is 14.6. The average Bonchev–Trinajstić information content (AvgIpc) is 2.76. The highest BCUT2D eigenvalue weighted by Gasteiger charge is 2.10. The number of ether oxygens (including phenoxy) is 2. The van der Waals surface area contributed by atoms with E-state index in [9.17, 15) is 9.59 Å². The number of carbonyl (C=O) groups is 2. The van der Waals surface area contributed by atoms with Gasteiger partial charge in [-0.2, -0.15) is 5.26 Å². The molecule has 0 N–H and O–H groups in total. The van der Waals surface area contributed by atoms with Crippen LogP contribution in [0, 0.1) is 11.3 Å². The van der Waals surface area contributed by atoms with E-state index >= 15 is 0 Å². The molecule has 2 aromatic carbocycles. The minimum absolute atomic E-state index is 0.256. The van der Waals surface area contributed by atoms with Gasteiger partial charge in [0.1, 0.15) is 11.5 Å². The lowest BCUT2D eigenvalue weighted by molar-refractivity contribution is -0.134. The second-order valence-electron chi connectivity index (χ2n) is 7.25. The third-order valence-electron chi connectivity index (χ3n) is 4.75. The van der Waals surface area contributed by atoms with E-state index in [2.05, 4.69) is 6.92 Å². The van der Waals surface area contributed by atoms with Crippen molar-refractivity contribution in [3.05, 3.63) is 59.7 Å². The zero-order chi connectivity index (χ0) is 21.6. The summed E-state index contributed by atoms with van der Waals surface area (Å²) in [6.45, 7) is 2.21. The maximum Gasteiger partial charge on any atom is 0.343 e. The molecule has 0 aliphatic heterocycles. The van der Waals surface area contributed by atoms with Crippen molar-refractivity contribution >= 4 is 11.9 Å². The van der Waals surface area contributed by atoms with Crippen molar-refractivity contribution in [2.75, 3.05) is 0 Å². The van der Waals surface area contributed by atoms with Crippen LogP contribution in [0.3, 0.4) is 0 Å². The van der Waals surface area contributed by atoms with Gasteiger partial charge in [0.05, 0.1) is 17.2 Å². The Morgan fingerprint density at radius 1 is 0.767 bits per heavy atom. The minimum atomic E-state index is -0.517. The van der Waals surface area contributed by atoms with E-state index in [0.29, 0.717) is 29.0 Å². The molecule has 0 aromatic heterocycles. The van der Waals surface area contributed by atoms with Crippen LogP contribution in [0.4, 0.5) is 0 Å². The van der Waals surface area contributed by atoms with E-state index < -0.39 is 5.97 Å². The Morgan fingerprint density at radius 2 is 1.30 bits per heavy atom. The lowest BCUT2D eigenvalue weighted by atomic mass is 10.1. The molecule has 0 spiro atoms. The van der Waals surface area contributed by atoms with E-state index in [0.717, 1.165) is 19.3 Å². The molecule has 0 radical (unpaired) electrons. The number of benzene rings is 2. The van der Waals surface area contributed by atoms with Gasteiger partial charge in [-0.05, 0) is 55.0 Å². The van der Waals surface area contributed by atoms with Crippen molar-refractivity contribution in [2.45, 2.75) is 64.7 Å². The summed E-state index contributed by atoms with van der Waals surface area (Å²) in [4.78, 5) is 24.2. The van der Waals surface area contributed by atoms with Crippen molar-refractivity contribution in [1.82, 2.24) is 0 Å². The van der Waals surface area contributed by atoms with E-state index in [1.807, 2.05) is 6.07 Å². The molecule has 5 nitrogen and oxygen atoms in total. The molecule has 5 heteroatoms. The van der Waals surface area contributed by atoms with Crippen LogP contribution in [0.2, 0.25) is 0 Å². The van der Waals surface area contributed by atoms with Crippen LogP contribution in [-0.2, 0) is 4.79 Å². The van der Waals surface area contributed by atoms with Crippen LogP contribution >= 0.6 is 0 Å². The Morgan fingerprint density at radius 3 is 1.90 bits per heavy atom. The maximum absolute atomic E-state index is 12.2. The fraction of sp³-hybridized carbons (Fsp3) is 0.400. The topological polar surface area (TPSA) is 76.4 Å². The fourth-order valence-corrected chi connectivity index (χ4v) is 3.01. The first-order chi connectivity index (χ1) is 14.6. The number of rotatable bonds is 12. The number of hydrogen-bond acceptors (Lipinski definition) is 5. The van der Waals surface area contributed by atoms with Gasteiger partial charge in [0, 0.05) is 6.42 Å². The van der Waals surface area contributed by atoms with Crippen molar-refractivity contribution in [1.29, 1.82) is 5.26 Å². The summed E-state index contributed by atoms with van der Waals surface area (Å²) < 4.78 is 10.6. The Labute approximate surface area is 178 Å². The van der Waals surface area contributed by atoms with E-state index in [1.165, 1.54) is 32.1 Å². The third-order valence-corrected chi connectivity index (χ3v) is 4.75. The van der Waals surface area contributed by atoms with Gasteiger partial charge in [-0.15, -0.1) is 0 Å². The summed E-state index contributed by atoms with van der Waals surface area (Å²) in [5, 5.41) is 8.79. The van der Waals surface area contributed by atoms with Gasteiger partial charge in [0.2, 0.25) is 0 Å². The maximum atomic E-state index is 12.2. The van der Waals surface area contributed by atoms with Gasteiger partial charge in [-0.3, -0.25) is 4.79 Å². The molecular formula is C25H29NO4. The lowest BCUT2D eigenvalue weighted by Crippen LogP contribution is -2.10. The first kappa shape index (κ1) is 23.2. The Hall–Kier alpha value is -3.13. The molecule has 0 saturated carbocycles. The molecule has 0 fully saturated rings. The van der Waals surface area contributed by atoms with Crippen molar-refractivity contribution in [3.63, 3.8) is 0 Å². The van der Waals surface area contributed by atoms with Gasteiger partial charge >= 0.3 is 11.9 Å². The molecule has 0 unspecified atom stereocenters. The summed E-state index contributed by atoms with van der Waals surface area (Å²) in [5.74, 6) is -0.000213. The van der Waals surface area contributed by atoms with Crippen LogP contribution in [0.25, 0.3) is 0 Å². The van der Waals surface area contributed by atoms with E-state index in [1.54, 1.807) is 48.5 Å². The Balaban J connectivity index is 1.69.